The van der Waals surface area contributed by atoms with Crippen molar-refractivity contribution in [3.05, 3.63) is 28.2 Å². The van der Waals surface area contributed by atoms with Crippen LogP contribution < -0.4 is 16.0 Å². The molecule has 0 bridgehead atoms. The molecule has 120 valence electrons. The highest BCUT2D eigenvalue weighted by atomic mass is 35.5. The van der Waals surface area contributed by atoms with Crippen LogP contribution in [0.5, 0.6) is 0 Å². The molecule has 1 aliphatic heterocycles. The van der Waals surface area contributed by atoms with Crippen LogP contribution in [0.15, 0.2) is 18.2 Å². The molecule has 0 spiro atoms. The molecule has 0 aliphatic carbocycles. The number of carbonyl (C=O) groups excluding carboxylic acids is 2. The Morgan fingerprint density at radius 2 is 2.09 bits per heavy atom. The van der Waals surface area contributed by atoms with Crippen LogP contribution in [0, 0.1) is 5.92 Å². The smallest absolute Gasteiger partial charge is 0.239 e. The molecule has 22 heavy (non-hydrogen) atoms. The highest BCUT2D eigenvalue weighted by molar-refractivity contribution is 6.42. The minimum Gasteiger partial charge on any atom is -0.355 e. The van der Waals surface area contributed by atoms with Crippen molar-refractivity contribution in [2.24, 2.45) is 11.7 Å². The largest absolute Gasteiger partial charge is 0.355 e. The molecule has 1 fully saturated rings. The number of nitrogens with two attached hydrogens (primary N) is 1. The van der Waals surface area contributed by atoms with Gasteiger partial charge in [0.1, 0.15) is 5.92 Å². The molecule has 1 aromatic carbocycles. The maximum absolute atomic E-state index is 12.4. The third kappa shape index (κ3) is 3.91. The molecule has 0 aromatic heterocycles. The number of nitrogens with zero attached hydrogens (tertiary/aromatic N) is 1. The Morgan fingerprint density at radius 3 is 2.77 bits per heavy atom. The first-order valence-electron chi connectivity index (χ1n) is 7.29. The van der Waals surface area contributed by atoms with E-state index < -0.39 is 5.92 Å². The zero-order valence-electron chi connectivity index (χ0n) is 12.1. The number of halogens is 2. The lowest BCUT2D eigenvalue weighted by molar-refractivity contribution is -0.132. The van der Waals surface area contributed by atoms with E-state index in [4.69, 9.17) is 28.9 Å². The second-order valence-corrected chi connectivity index (χ2v) is 6.03. The van der Waals surface area contributed by atoms with Crippen molar-refractivity contribution in [1.82, 2.24) is 5.32 Å². The van der Waals surface area contributed by atoms with E-state index >= 15 is 0 Å². The first-order valence-corrected chi connectivity index (χ1v) is 8.04. The van der Waals surface area contributed by atoms with Crippen LogP contribution in [0.25, 0.3) is 0 Å². The van der Waals surface area contributed by atoms with E-state index in [1.54, 1.807) is 23.1 Å². The van der Waals surface area contributed by atoms with Crippen LogP contribution in [0.1, 0.15) is 19.3 Å². The number of hydrogen-bond acceptors (Lipinski definition) is 3. The van der Waals surface area contributed by atoms with Gasteiger partial charge in [-0.2, -0.15) is 0 Å². The summed E-state index contributed by atoms with van der Waals surface area (Å²) in [6.07, 6.45) is 2.18. The fourth-order valence-corrected chi connectivity index (χ4v) is 2.73. The van der Waals surface area contributed by atoms with Gasteiger partial charge in [-0.3, -0.25) is 9.59 Å². The van der Waals surface area contributed by atoms with E-state index in [1.807, 2.05) is 0 Å². The highest BCUT2D eigenvalue weighted by Gasteiger charge is 2.37. The van der Waals surface area contributed by atoms with Crippen LogP contribution in [0.4, 0.5) is 5.69 Å². The number of unbranched alkanes of at least 4 members (excludes halogenated alkanes) is 1. The molecule has 1 aliphatic rings. The standard InChI is InChI=1S/C15H19Cl2N3O2/c16-12-4-3-10(9-13(12)17)20-8-5-11(15(20)22)14(21)19-7-2-1-6-18/h3-4,9,11H,1-2,5-8,18H2,(H,19,21). The zero-order chi connectivity index (χ0) is 16.1. The second kappa shape index (κ2) is 7.81. The van der Waals surface area contributed by atoms with Crippen molar-refractivity contribution < 1.29 is 9.59 Å². The van der Waals surface area contributed by atoms with Crippen LogP contribution in [0.3, 0.4) is 0 Å². The number of anilines is 1. The Kier molecular flexibility index (Phi) is 6.06. The second-order valence-electron chi connectivity index (χ2n) is 5.22. The van der Waals surface area contributed by atoms with Gasteiger partial charge in [0, 0.05) is 18.8 Å². The average molecular weight is 344 g/mol. The molecule has 0 radical (unpaired) electrons. The fourth-order valence-electron chi connectivity index (χ4n) is 2.44. The number of nitrogens with one attached hydrogen (secondary N) is 1. The quantitative estimate of drug-likeness (QED) is 0.614. The van der Waals surface area contributed by atoms with E-state index in [1.165, 1.54) is 0 Å². The summed E-state index contributed by atoms with van der Waals surface area (Å²) in [5, 5.41) is 3.62. The summed E-state index contributed by atoms with van der Waals surface area (Å²) >= 11 is 11.9. The highest BCUT2D eigenvalue weighted by Crippen LogP contribution is 2.31. The van der Waals surface area contributed by atoms with Gasteiger partial charge in [-0.15, -0.1) is 0 Å². The Balaban J connectivity index is 1.97. The molecule has 1 heterocycles. The van der Waals surface area contributed by atoms with Crippen molar-refractivity contribution in [3.63, 3.8) is 0 Å². The summed E-state index contributed by atoms with van der Waals surface area (Å²) in [5.41, 5.74) is 6.07. The number of amides is 2. The molecule has 3 N–H and O–H groups in total. The molecule has 0 saturated carbocycles. The predicted molar refractivity (Wildman–Crippen MR) is 88.2 cm³/mol. The molecule has 1 unspecified atom stereocenters. The molecule has 2 amide bonds. The van der Waals surface area contributed by atoms with Gasteiger partial charge in [-0.25, -0.2) is 0 Å². The van der Waals surface area contributed by atoms with Crippen molar-refractivity contribution in [1.29, 1.82) is 0 Å². The third-order valence-electron chi connectivity index (χ3n) is 3.67. The van der Waals surface area contributed by atoms with E-state index in [2.05, 4.69) is 5.32 Å². The lowest BCUT2D eigenvalue weighted by Gasteiger charge is -2.17. The summed E-state index contributed by atoms with van der Waals surface area (Å²) in [6.45, 7) is 1.65. The molecule has 1 aromatic rings. The van der Waals surface area contributed by atoms with Crippen molar-refractivity contribution in [3.8, 4) is 0 Å². The summed E-state index contributed by atoms with van der Waals surface area (Å²) in [7, 11) is 0. The van der Waals surface area contributed by atoms with E-state index in [0.29, 0.717) is 41.8 Å². The summed E-state index contributed by atoms with van der Waals surface area (Å²) in [5.74, 6) is -1.05. The molecule has 5 nitrogen and oxygen atoms in total. The Bertz CT molecular complexity index is 566. The van der Waals surface area contributed by atoms with Gasteiger partial charge in [-0.1, -0.05) is 23.2 Å². The van der Waals surface area contributed by atoms with Crippen molar-refractivity contribution >= 4 is 40.7 Å². The van der Waals surface area contributed by atoms with Gasteiger partial charge in [-0.05, 0) is 44.0 Å². The first kappa shape index (κ1) is 17.1. The topological polar surface area (TPSA) is 75.4 Å². The van der Waals surface area contributed by atoms with E-state index in [0.717, 1.165) is 12.8 Å². The lowest BCUT2D eigenvalue weighted by Crippen LogP contribution is -2.37. The Hall–Kier alpha value is -1.30. The third-order valence-corrected chi connectivity index (χ3v) is 4.41. The van der Waals surface area contributed by atoms with E-state index in [-0.39, 0.29) is 11.8 Å². The van der Waals surface area contributed by atoms with Crippen LogP contribution in [0.2, 0.25) is 10.0 Å². The molecular formula is C15H19Cl2N3O2. The zero-order valence-corrected chi connectivity index (χ0v) is 13.7. The van der Waals surface area contributed by atoms with Crippen LogP contribution >= 0.6 is 23.2 Å². The fraction of sp³-hybridized carbons (Fsp3) is 0.467. The first-order chi connectivity index (χ1) is 10.5. The van der Waals surface area contributed by atoms with E-state index in [9.17, 15) is 9.59 Å². The van der Waals surface area contributed by atoms with Crippen molar-refractivity contribution in [2.45, 2.75) is 19.3 Å². The van der Waals surface area contributed by atoms with Crippen molar-refractivity contribution in [2.75, 3.05) is 24.5 Å². The van der Waals surface area contributed by atoms with Crippen LogP contribution in [-0.2, 0) is 9.59 Å². The van der Waals surface area contributed by atoms with Crippen LogP contribution in [-0.4, -0.2) is 31.4 Å². The van der Waals surface area contributed by atoms with Gasteiger partial charge in [0.25, 0.3) is 0 Å². The number of benzene rings is 1. The number of hydrogen-bond donors (Lipinski definition) is 2. The van der Waals surface area contributed by atoms with Gasteiger partial charge in [0.2, 0.25) is 11.8 Å². The predicted octanol–water partition coefficient (Wildman–Crippen LogP) is 2.20. The minimum atomic E-state index is -0.632. The van der Waals surface area contributed by atoms with Gasteiger partial charge in [0.05, 0.1) is 10.0 Å². The molecule has 7 heteroatoms. The lowest BCUT2D eigenvalue weighted by atomic mass is 10.1. The SMILES string of the molecule is NCCCCNC(=O)C1CCN(c2ccc(Cl)c(Cl)c2)C1=O. The Labute approximate surface area is 139 Å². The van der Waals surface area contributed by atoms with Gasteiger partial charge >= 0.3 is 0 Å². The van der Waals surface area contributed by atoms with Gasteiger partial charge < -0.3 is 16.0 Å². The molecular weight excluding hydrogens is 325 g/mol. The maximum atomic E-state index is 12.4. The van der Waals surface area contributed by atoms with Gasteiger partial charge in [0.15, 0.2) is 0 Å². The summed E-state index contributed by atoms with van der Waals surface area (Å²) in [6, 6.07) is 5.02. The Morgan fingerprint density at radius 1 is 1.32 bits per heavy atom. The maximum Gasteiger partial charge on any atom is 0.239 e. The number of carbonyl (C=O) groups is 2. The molecule has 1 saturated heterocycles. The number of rotatable bonds is 6. The monoisotopic (exact) mass is 343 g/mol. The minimum absolute atomic E-state index is 0.199. The summed E-state index contributed by atoms with van der Waals surface area (Å²) < 4.78 is 0. The summed E-state index contributed by atoms with van der Waals surface area (Å²) in [4.78, 5) is 26.1. The normalized spacial score (nSPS) is 17.9. The average Bonchev–Trinajstić information content (AvgIpc) is 2.88. The molecule has 2 rings (SSSR count). The molecule has 1 atom stereocenters.